The summed E-state index contributed by atoms with van der Waals surface area (Å²) in [7, 11) is 1.58. The smallest absolute Gasteiger partial charge is 0.291 e. The zero-order valence-electron chi connectivity index (χ0n) is 8.35. The van der Waals surface area contributed by atoms with Crippen molar-refractivity contribution in [1.82, 2.24) is 0 Å². The number of carbonyl (C=O) groups excluding carboxylic acids is 1. The summed E-state index contributed by atoms with van der Waals surface area (Å²) in [6.45, 7) is 3.91. The zero-order chi connectivity index (χ0) is 10.7. The lowest BCUT2D eigenvalue weighted by atomic mass is 10.1. The molecule has 3 nitrogen and oxygen atoms in total. The third-order valence-corrected chi connectivity index (χ3v) is 2.05. The van der Waals surface area contributed by atoms with Crippen LogP contribution in [0, 0.1) is 13.8 Å². The normalized spacial score (nSPS) is 9.71. The lowest BCUT2D eigenvalue weighted by Gasteiger charge is -2.12. The Morgan fingerprint density at radius 1 is 1.43 bits per heavy atom. The SMILES string of the molecule is COc1c(C)cc(C)cc1NC(=O)Br. The molecule has 76 valence electrons. The van der Waals surface area contributed by atoms with E-state index in [1.807, 2.05) is 26.0 Å². The van der Waals surface area contributed by atoms with Crippen molar-refractivity contribution in [3.05, 3.63) is 23.3 Å². The van der Waals surface area contributed by atoms with E-state index in [4.69, 9.17) is 4.74 Å². The molecule has 0 heterocycles. The molecule has 1 aromatic carbocycles. The average molecular weight is 258 g/mol. The van der Waals surface area contributed by atoms with Gasteiger partial charge < -0.3 is 10.1 Å². The van der Waals surface area contributed by atoms with Crippen molar-refractivity contribution in [3.63, 3.8) is 0 Å². The van der Waals surface area contributed by atoms with Gasteiger partial charge in [0.05, 0.1) is 12.8 Å². The highest BCUT2D eigenvalue weighted by atomic mass is 79.9. The molecule has 0 bridgehead atoms. The van der Waals surface area contributed by atoms with Gasteiger partial charge >= 0.3 is 0 Å². The van der Waals surface area contributed by atoms with E-state index in [9.17, 15) is 4.79 Å². The van der Waals surface area contributed by atoms with Crippen LogP contribution in [0.1, 0.15) is 11.1 Å². The maximum atomic E-state index is 10.9. The van der Waals surface area contributed by atoms with Crippen LogP contribution in [0.25, 0.3) is 0 Å². The Labute approximate surface area is 91.6 Å². The Hall–Kier alpha value is -1.03. The Morgan fingerprint density at radius 3 is 2.57 bits per heavy atom. The van der Waals surface area contributed by atoms with Crippen molar-refractivity contribution in [2.45, 2.75) is 13.8 Å². The summed E-state index contributed by atoms with van der Waals surface area (Å²) in [5, 5.41) is 2.66. The van der Waals surface area contributed by atoms with Crippen LogP contribution < -0.4 is 10.1 Å². The molecule has 0 saturated carbocycles. The minimum absolute atomic E-state index is 0.277. The van der Waals surface area contributed by atoms with Crippen LogP contribution in [0.4, 0.5) is 10.5 Å². The molecular formula is C10H12BrNO2. The van der Waals surface area contributed by atoms with Crippen molar-refractivity contribution in [1.29, 1.82) is 0 Å². The number of rotatable bonds is 2. The van der Waals surface area contributed by atoms with Gasteiger partial charge in [0.1, 0.15) is 5.75 Å². The van der Waals surface area contributed by atoms with Crippen molar-refractivity contribution < 1.29 is 9.53 Å². The lowest BCUT2D eigenvalue weighted by molar-refractivity contribution is 0.270. The Balaban J connectivity index is 3.17. The van der Waals surface area contributed by atoms with Gasteiger partial charge in [-0.15, -0.1) is 0 Å². The number of carbonyl (C=O) groups is 1. The van der Waals surface area contributed by atoms with E-state index in [1.165, 1.54) is 0 Å². The van der Waals surface area contributed by atoms with Gasteiger partial charge in [-0.3, -0.25) is 4.79 Å². The monoisotopic (exact) mass is 257 g/mol. The van der Waals surface area contributed by atoms with Crippen LogP contribution >= 0.6 is 15.9 Å². The summed E-state index contributed by atoms with van der Waals surface area (Å²) in [6, 6.07) is 3.87. The van der Waals surface area contributed by atoms with Crippen molar-refractivity contribution in [3.8, 4) is 5.75 Å². The molecular weight excluding hydrogens is 246 g/mol. The topological polar surface area (TPSA) is 38.3 Å². The van der Waals surface area contributed by atoms with E-state index >= 15 is 0 Å². The number of anilines is 1. The molecule has 0 aliphatic rings. The van der Waals surface area contributed by atoms with Crippen LogP contribution in [0.2, 0.25) is 0 Å². The largest absolute Gasteiger partial charge is 0.494 e. The number of nitrogens with one attached hydrogen (secondary N) is 1. The molecule has 0 aliphatic heterocycles. The van der Waals surface area contributed by atoms with Crippen LogP contribution in [-0.4, -0.2) is 11.9 Å². The molecule has 0 fully saturated rings. The van der Waals surface area contributed by atoms with Gasteiger partial charge in [-0.2, -0.15) is 0 Å². The van der Waals surface area contributed by atoms with Gasteiger partial charge in [-0.25, -0.2) is 0 Å². The number of benzene rings is 1. The number of ether oxygens (including phenoxy) is 1. The summed E-state index contributed by atoms with van der Waals surface area (Å²) >= 11 is 2.82. The van der Waals surface area contributed by atoms with Gasteiger partial charge in [0, 0.05) is 15.9 Å². The molecule has 0 aromatic heterocycles. The predicted molar refractivity (Wildman–Crippen MR) is 60.4 cm³/mol. The molecule has 0 spiro atoms. The summed E-state index contributed by atoms with van der Waals surface area (Å²) < 4.78 is 5.20. The standard InChI is InChI=1S/C10H12BrNO2/c1-6-4-7(2)9(14-3)8(5-6)12-10(11)13/h4-5H,1-3H3,(H,12,13). The fourth-order valence-corrected chi connectivity index (χ4v) is 1.64. The molecule has 0 aliphatic carbocycles. The van der Waals surface area contributed by atoms with Gasteiger partial charge in [0.15, 0.2) is 0 Å². The highest BCUT2D eigenvalue weighted by molar-refractivity contribution is 9.18. The summed E-state index contributed by atoms with van der Waals surface area (Å²) in [6.07, 6.45) is 0. The third-order valence-electron chi connectivity index (χ3n) is 1.86. The zero-order valence-corrected chi connectivity index (χ0v) is 9.94. The average Bonchev–Trinajstić information content (AvgIpc) is 2.01. The predicted octanol–water partition coefficient (Wildman–Crippen LogP) is 3.24. The Kier molecular flexibility index (Phi) is 3.52. The van der Waals surface area contributed by atoms with Crippen LogP contribution in [-0.2, 0) is 0 Å². The third kappa shape index (κ3) is 2.48. The fourth-order valence-electron chi connectivity index (χ4n) is 1.42. The molecule has 14 heavy (non-hydrogen) atoms. The molecule has 1 rings (SSSR count). The Bertz CT molecular complexity index is 363. The molecule has 1 aromatic rings. The second-order valence-corrected chi connectivity index (χ2v) is 3.78. The van der Waals surface area contributed by atoms with E-state index in [0.29, 0.717) is 11.4 Å². The van der Waals surface area contributed by atoms with E-state index < -0.39 is 0 Å². The highest BCUT2D eigenvalue weighted by Gasteiger charge is 2.08. The molecule has 1 N–H and O–H groups in total. The number of halogens is 1. The summed E-state index contributed by atoms with van der Waals surface area (Å²) in [4.78, 5) is 10.6. The second-order valence-electron chi connectivity index (χ2n) is 3.06. The molecule has 0 unspecified atom stereocenters. The second kappa shape index (κ2) is 4.46. The van der Waals surface area contributed by atoms with Gasteiger partial charge in [0.2, 0.25) is 0 Å². The van der Waals surface area contributed by atoms with E-state index in [2.05, 4.69) is 21.2 Å². The van der Waals surface area contributed by atoms with Gasteiger partial charge in [0.25, 0.3) is 4.82 Å². The summed E-state index contributed by atoms with van der Waals surface area (Å²) in [5.41, 5.74) is 2.77. The summed E-state index contributed by atoms with van der Waals surface area (Å²) in [5.74, 6) is 0.698. The number of methoxy groups -OCH3 is 1. The van der Waals surface area contributed by atoms with Gasteiger partial charge in [-0.1, -0.05) is 6.07 Å². The maximum absolute atomic E-state index is 10.9. The fraction of sp³-hybridized carbons (Fsp3) is 0.300. The molecule has 1 amide bonds. The number of hydrogen-bond donors (Lipinski definition) is 1. The van der Waals surface area contributed by atoms with E-state index in [0.717, 1.165) is 11.1 Å². The Morgan fingerprint density at radius 2 is 2.07 bits per heavy atom. The number of aryl methyl sites for hydroxylation is 2. The first-order chi connectivity index (χ1) is 6.54. The van der Waals surface area contributed by atoms with Crippen LogP contribution in [0.3, 0.4) is 0 Å². The minimum Gasteiger partial charge on any atom is -0.494 e. The lowest BCUT2D eigenvalue weighted by Crippen LogP contribution is -2.04. The van der Waals surface area contributed by atoms with Gasteiger partial charge in [-0.05, 0) is 31.0 Å². The van der Waals surface area contributed by atoms with Crippen LogP contribution in [0.5, 0.6) is 5.75 Å². The van der Waals surface area contributed by atoms with Crippen molar-refractivity contribution in [2.24, 2.45) is 0 Å². The first kappa shape index (κ1) is 11.0. The van der Waals surface area contributed by atoms with E-state index in [-0.39, 0.29) is 4.82 Å². The van der Waals surface area contributed by atoms with Crippen LogP contribution in [0.15, 0.2) is 12.1 Å². The highest BCUT2D eigenvalue weighted by Crippen LogP contribution is 2.30. The minimum atomic E-state index is -0.277. The maximum Gasteiger partial charge on any atom is 0.291 e. The molecule has 0 saturated heterocycles. The first-order valence-corrected chi connectivity index (χ1v) is 4.95. The molecule has 4 heteroatoms. The van der Waals surface area contributed by atoms with Crippen molar-refractivity contribution in [2.75, 3.05) is 12.4 Å². The number of amides is 1. The quantitative estimate of drug-likeness (QED) is 0.653. The van der Waals surface area contributed by atoms with E-state index in [1.54, 1.807) is 7.11 Å². The molecule has 0 atom stereocenters. The molecule has 0 radical (unpaired) electrons. The first-order valence-electron chi connectivity index (χ1n) is 4.16. The number of hydrogen-bond acceptors (Lipinski definition) is 2. The van der Waals surface area contributed by atoms with Crippen molar-refractivity contribution >= 4 is 26.4 Å².